The third-order valence-electron chi connectivity index (χ3n) is 4.40. The lowest BCUT2D eigenvalue weighted by molar-refractivity contribution is 0.0932. The van der Waals surface area contributed by atoms with Crippen molar-refractivity contribution < 1.29 is 18.3 Å². The van der Waals surface area contributed by atoms with Gasteiger partial charge >= 0.3 is 0 Å². The van der Waals surface area contributed by atoms with Gasteiger partial charge in [-0.2, -0.15) is 0 Å². The second-order valence-corrected chi connectivity index (χ2v) is 6.20. The van der Waals surface area contributed by atoms with Crippen LogP contribution in [0.5, 0.6) is 5.75 Å². The molecule has 5 nitrogen and oxygen atoms in total. The monoisotopic (exact) mass is 352 g/mol. The number of hydrogen-bond acceptors (Lipinski definition) is 4. The van der Waals surface area contributed by atoms with Crippen molar-refractivity contribution in [2.45, 2.75) is 19.4 Å². The molecule has 0 radical (unpaired) electrons. The molecule has 4 rings (SSSR count). The normalized spacial score (nSPS) is 15.4. The van der Waals surface area contributed by atoms with Crippen LogP contribution in [0.3, 0.4) is 0 Å². The number of nitrogens with zero attached hydrogens (tertiary/aromatic N) is 1. The molecule has 1 amide bonds. The zero-order valence-electron chi connectivity index (χ0n) is 14.2. The van der Waals surface area contributed by atoms with E-state index in [9.17, 15) is 9.18 Å². The van der Waals surface area contributed by atoms with Crippen molar-refractivity contribution in [1.29, 1.82) is 0 Å². The summed E-state index contributed by atoms with van der Waals surface area (Å²) in [6, 6.07) is 10.00. The summed E-state index contributed by atoms with van der Waals surface area (Å²) >= 11 is 0. The number of halogens is 1. The van der Waals surface area contributed by atoms with Gasteiger partial charge in [-0.3, -0.25) is 9.78 Å². The van der Waals surface area contributed by atoms with Gasteiger partial charge in [-0.25, -0.2) is 4.39 Å². The molecule has 0 saturated heterocycles. The average Bonchev–Trinajstić information content (AvgIpc) is 3.25. The predicted octanol–water partition coefficient (Wildman–Crippen LogP) is 3.52. The fraction of sp³-hybridized carbons (Fsp3) is 0.200. The molecule has 1 aliphatic heterocycles. The van der Waals surface area contributed by atoms with Gasteiger partial charge in [-0.15, -0.1) is 0 Å². The van der Waals surface area contributed by atoms with Crippen LogP contribution in [-0.2, 0) is 6.42 Å². The minimum absolute atomic E-state index is 0.216. The molecule has 0 fully saturated rings. The van der Waals surface area contributed by atoms with Gasteiger partial charge in [0.05, 0.1) is 24.1 Å². The van der Waals surface area contributed by atoms with Gasteiger partial charge in [0.15, 0.2) is 0 Å². The van der Waals surface area contributed by atoms with Gasteiger partial charge in [0.1, 0.15) is 23.4 Å². The van der Waals surface area contributed by atoms with E-state index >= 15 is 0 Å². The van der Waals surface area contributed by atoms with Gasteiger partial charge in [0.2, 0.25) is 0 Å². The standard InChI is InChI=1S/C20H17FN2O3/c1-12-16(5-7-25-12)20(24)23-11-15-9-13-8-14(21)10-17(19(13)26-15)18-4-2-3-6-22-18/h2-8,10,15H,9,11H2,1H3,(H,23,24)/t15-/m1/s1. The number of nitrogens with one attached hydrogen (secondary N) is 1. The van der Waals surface area contributed by atoms with Crippen LogP contribution in [-0.4, -0.2) is 23.5 Å². The maximum absolute atomic E-state index is 14.0. The van der Waals surface area contributed by atoms with Crippen LogP contribution in [0.15, 0.2) is 53.3 Å². The van der Waals surface area contributed by atoms with Gasteiger partial charge in [-0.1, -0.05) is 6.07 Å². The SMILES string of the molecule is Cc1occc1C(=O)NC[C@H]1Cc2cc(F)cc(-c3ccccn3)c2O1. The molecule has 1 atom stereocenters. The van der Waals surface area contributed by atoms with Crippen LogP contribution < -0.4 is 10.1 Å². The summed E-state index contributed by atoms with van der Waals surface area (Å²) in [7, 11) is 0. The first kappa shape index (κ1) is 16.3. The number of fused-ring (bicyclic) bond motifs is 1. The Hall–Kier alpha value is -3.15. The summed E-state index contributed by atoms with van der Waals surface area (Å²) in [6.45, 7) is 2.06. The lowest BCUT2D eigenvalue weighted by Gasteiger charge is -2.13. The van der Waals surface area contributed by atoms with Crippen molar-refractivity contribution >= 4 is 5.91 Å². The van der Waals surface area contributed by atoms with Gasteiger partial charge in [0.25, 0.3) is 5.91 Å². The quantitative estimate of drug-likeness (QED) is 0.780. The maximum atomic E-state index is 14.0. The number of pyridine rings is 1. The van der Waals surface area contributed by atoms with Crippen LogP contribution >= 0.6 is 0 Å². The number of benzene rings is 1. The number of aromatic nitrogens is 1. The molecule has 1 aliphatic rings. The third-order valence-corrected chi connectivity index (χ3v) is 4.40. The van der Waals surface area contributed by atoms with E-state index < -0.39 is 0 Å². The predicted molar refractivity (Wildman–Crippen MR) is 93.5 cm³/mol. The molecule has 6 heteroatoms. The summed E-state index contributed by atoms with van der Waals surface area (Å²) < 4.78 is 25.2. The number of rotatable bonds is 4. The Kier molecular flexibility index (Phi) is 4.16. The smallest absolute Gasteiger partial charge is 0.254 e. The Balaban J connectivity index is 1.51. The number of ether oxygens (including phenoxy) is 1. The van der Waals surface area contributed by atoms with E-state index in [4.69, 9.17) is 9.15 Å². The van der Waals surface area contributed by atoms with Crippen molar-refractivity contribution in [2.75, 3.05) is 6.54 Å². The maximum Gasteiger partial charge on any atom is 0.254 e. The van der Waals surface area contributed by atoms with Crippen molar-refractivity contribution in [3.05, 3.63) is 71.6 Å². The Morgan fingerprint density at radius 1 is 1.35 bits per heavy atom. The number of carbonyl (C=O) groups is 1. The third kappa shape index (κ3) is 3.06. The second-order valence-electron chi connectivity index (χ2n) is 6.20. The van der Waals surface area contributed by atoms with E-state index in [2.05, 4.69) is 10.3 Å². The minimum atomic E-state index is -0.327. The highest BCUT2D eigenvalue weighted by Gasteiger charge is 2.28. The zero-order chi connectivity index (χ0) is 18.1. The molecule has 0 bridgehead atoms. The average molecular weight is 352 g/mol. The lowest BCUT2D eigenvalue weighted by atomic mass is 10.0. The molecule has 1 aromatic carbocycles. The largest absolute Gasteiger partial charge is 0.487 e. The summed E-state index contributed by atoms with van der Waals surface area (Å²) in [5.41, 5.74) is 2.56. The van der Waals surface area contributed by atoms with Crippen LogP contribution in [0.25, 0.3) is 11.3 Å². The molecular weight excluding hydrogens is 335 g/mol. The molecule has 0 saturated carbocycles. The Bertz CT molecular complexity index is 953. The first-order valence-electron chi connectivity index (χ1n) is 8.34. The van der Waals surface area contributed by atoms with Crippen LogP contribution in [0.4, 0.5) is 4.39 Å². The highest BCUT2D eigenvalue weighted by molar-refractivity contribution is 5.95. The van der Waals surface area contributed by atoms with Crippen molar-refractivity contribution in [2.24, 2.45) is 0 Å². The molecule has 0 aliphatic carbocycles. The van der Waals surface area contributed by atoms with Gasteiger partial charge < -0.3 is 14.5 Å². The first-order valence-corrected chi connectivity index (χ1v) is 8.34. The molecular formula is C20H17FN2O3. The Morgan fingerprint density at radius 2 is 2.23 bits per heavy atom. The van der Waals surface area contributed by atoms with Crippen molar-refractivity contribution in [3.8, 4) is 17.0 Å². The van der Waals surface area contributed by atoms with Crippen LogP contribution in [0.2, 0.25) is 0 Å². The molecule has 132 valence electrons. The fourth-order valence-electron chi connectivity index (χ4n) is 3.14. The highest BCUT2D eigenvalue weighted by atomic mass is 19.1. The van der Waals surface area contributed by atoms with Crippen molar-refractivity contribution in [1.82, 2.24) is 10.3 Å². The molecule has 3 aromatic rings. The summed E-state index contributed by atoms with van der Waals surface area (Å²) in [6.07, 6.45) is 3.41. The summed E-state index contributed by atoms with van der Waals surface area (Å²) in [5, 5.41) is 2.84. The number of hydrogen-bond donors (Lipinski definition) is 1. The van der Waals surface area contributed by atoms with Gasteiger partial charge in [0, 0.05) is 23.7 Å². The van der Waals surface area contributed by atoms with E-state index in [0.717, 1.165) is 5.56 Å². The molecule has 0 spiro atoms. The summed E-state index contributed by atoms with van der Waals surface area (Å²) in [5.74, 6) is 0.653. The van der Waals surface area contributed by atoms with Crippen LogP contribution in [0, 0.1) is 12.7 Å². The summed E-state index contributed by atoms with van der Waals surface area (Å²) in [4.78, 5) is 16.5. The Labute approximate surface area is 149 Å². The van der Waals surface area contributed by atoms with E-state index in [1.807, 2.05) is 12.1 Å². The zero-order valence-corrected chi connectivity index (χ0v) is 14.2. The number of furan rings is 1. The Morgan fingerprint density at radius 3 is 2.96 bits per heavy atom. The molecule has 3 heterocycles. The number of aryl methyl sites for hydroxylation is 1. The minimum Gasteiger partial charge on any atom is -0.487 e. The topological polar surface area (TPSA) is 64.4 Å². The van der Waals surface area contributed by atoms with E-state index in [0.29, 0.717) is 41.3 Å². The highest BCUT2D eigenvalue weighted by Crippen LogP contribution is 2.38. The van der Waals surface area contributed by atoms with E-state index in [1.54, 1.807) is 25.3 Å². The van der Waals surface area contributed by atoms with Gasteiger partial charge in [-0.05, 0) is 37.3 Å². The number of carbonyl (C=O) groups excluding carboxylic acids is 1. The molecule has 2 aromatic heterocycles. The van der Waals surface area contributed by atoms with Crippen LogP contribution in [0.1, 0.15) is 21.7 Å². The van der Waals surface area contributed by atoms with E-state index in [-0.39, 0.29) is 17.8 Å². The van der Waals surface area contributed by atoms with Crippen molar-refractivity contribution in [3.63, 3.8) is 0 Å². The lowest BCUT2D eigenvalue weighted by Crippen LogP contribution is -2.34. The second kappa shape index (κ2) is 6.63. The fourth-order valence-corrected chi connectivity index (χ4v) is 3.14. The van der Waals surface area contributed by atoms with E-state index in [1.165, 1.54) is 18.4 Å². The molecule has 26 heavy (non-hydrogen) atoms. The molecule has 0 unspecified atom stereocenters. The molecule has 1 N–H and O–H groups in total. The first-order chi connectivity index (χ1) is 12.6. The number of amides is 1.